The number of methoxy groups -OCH3 is 1. The fourth-order valence-corrected chi connectivity index (χ4v) is 1.76. The van der Waals surface area contributed by atoms with Crippen LogP contribution >= 0.6 is 24.2 Å². The smallest absolute Gasteiger partial charge is 0.119 e. The molecule has 80 valence electrons. The molecule has 0 aliphatic heterocycles. The summed E-state index contributed by atoms with van der Waals surface area (Å²) in [6.45, 7) is 0.745. The Morgan fingerprint density at radius 3 is 2.86 bits per heavy atom. The van der Waals surface area contributed by atoms with E-state index >= 15 is 0 Å². The third kappa shape index (κ3) is 4.74. The highest BCUT2D eigenvalue weighted by Crippen LogP contribution is 2.17. The number of rotatable bonds is 5. The van der Waals surface area contributed by atoms with E-state index in [9.17, 15) is 0 Å². The molecule has 0 heterocycles. The van der Waals surface area contributed by atoms with Gasteiger partial charge in [-0.15, -0.1) is 12.4 Å². The second-order valence-corrected chi connectivity index (χ2v) is 3.80. The molecule has 0 radical (unpaired) electrons. The zero-order valence-electron chi connectivity index (χ0n) is 8.23. The summed E-state index contributed by atoms with van der Waals surface area (Å²) in [5, 5.41) is 0. The van der Waals surface area contributed by atoms with E-state index in [1.54, 1.807) is 7.11 Å². The van der Waals surface area contributed by atoms with Crippen LogP contribution in [0, 0.1) is 0 Å². The third-order valence-electron chi connectivity index (χ3n) is 1.67. The number of halogens is 1. The molecule has 1 rings (SSSR count). The predicted octanol–water partition coefficient (Wildman–Crippen LogP) is 2.31. The van der Waals surface area contributed by atoms with E-state index < -0.39 is 0 Å². The fraction of sp³-hybridized carbons (Fsp3) is 0.400. The van der Waals surface area contributed by atoms with Gasteiger partial charge in [-0.3, -0.25) is 0 Å². The molecule has 0 aliphatic rings. The van der Waals surface area contributed by atoms with E-state index in [0.717, 1.165) is 23.8 Å². The first-order valence-electron chi connectivity index (χ1n) is 4.27. The highest BCUT2D eigenvalue weighted by Gasteiger charge is 1.95. The number of thioether (sulfide) groups is 1. The van der Waals surface area contributed by atoms with Crippen molar-refractivity contribution in [1.29, 1.82) is 0 Å². The Kier molecular flexibility index (Phi) is 7.76. The van der Waals surface area contributed by atoms with E-state index in [0.29, 0.717) is 0 Å². The molecule has 0 saturated carbocycles. The molecule has 0 saturated heterocycles. The van der Waals surface area contributed by atoms with Gasteiger partial charge in [-0.25, -0.2) is 0 Å². The van der Waals surface area contributed by atoms with Crippen molar-refractivity contribution < 1.29 is 4.74 Å². The van der Waals surface area contributed by atoms with Crippen molar-refractivity contribution in [1.82, 2.24) is 0 Å². The lowest BCUT2D eigenvalue weighted by molar-refractivity contribution is 0.414. The Morgan fingerprint density at radius 1 is 1.43 bits per heavy atom. The lowest BCUT2D eigenvalue weighted by Crippen LogP contribution is -2.01. The van der Waals surface area contributed by atoms with E-state index in [1.807, 2.05) is 23.9 Å². The zero-order chi connectivity index (χ0) is 9.52. The highest BCUT2D eigenvalue weighted by molar-refractivity contribution is 7.98. The van der Waals surface area contributed by atoms with Crippen molar-refractivity contribution in [2.24, 2.45) is 5.73 Å². The second-order valence-electron chi connectivity index (χ2n) is 2.69. The van der Waals surface area contributed by atoms with E-state index in [4.69, 9.17) is 10.5 Å². The Morgan fingerprint density at radius 2 is 2.21 bits per heavy atom. The van der Waals surface area contributed by atoms with Crippen LogP contribution in [0.4, 0.5) is 0 Å². The van der Waals surface area contributed by atoms with Crippen molar-refractivity contribution >= 4 is 24.2 Å². The Hall–Kier alpha value is -0.380. The number of ether oxygens (including phenoxy) is 1. The molecule has 0 atom stereocenters. The average Bonchev–Trinajstić information content (AvgIpc) is 2.19. The number of hydrogen-bond donors (Lipinski definition) is 1. The maximum Gasteiger partial charge on any atom is 0.119 e. The van der Waals surface area contributed by atoms with Gasteiger partial charge >= 0.3 is 0 Å². The summed E-state index contributed by atoms with van der Waals surface area (Å²) in [6.07, 6.45) is 0. The highest BCUT2D eigenvalue weighted by atomic mass is 35.5. The van der Waals surface area contributed by atoms with Crippen molar-refractivity contribution in [3.8, 4) is 5.75 Å². The van der Waals surface area contributed by atoms with Crippen molar-refractivity contribution in [2.75, 3.05) is 19.4 Å². The van der Waals surface area contributed by atoms with Gasteiger partial charge in [0.15, 0.2) is 0 Å². The van der Waals surface area contributed by atoms with Gasteiger partial charge in [0.05, 0.1) is 7.11 Å². The predicted molar refractivity (Wildman–Crippen MR) is 65.5 cm³/mol. The SMILES string of the molecule is COc1cccc(CSCCN)c1.Cl. The molecule has 1 aromatic carbocycles. The number of hydrogen-bond acceptors (Lipinski definition) is 3. The molecule has 1 aromatic rings. The van der Waals surface area contributed by atoms with Crippen LogP contribution in [0.15, 0.2) is 24.3 Å². The normalized spacial score (nSPS) is 9.29. The van der Waals surface area contributed by atoms with Crippen molar-refractivity contribution in [2.45, 2.75) is 5.75 Å². The minimum absolute atomic E-state index is 0. The molecule has 0 bridgehead atoms. The van der Waals surface area contributed by atoms with E-state index in [-0.39, 0.29) is 12.4 Å². The van der Waals surface area contributed by atoms with Crippen molar-refractivity contribution in [3.05, 3.63) is 29.8 Å². The molecule has 4 heteroatoms. The topological polar surface area (TPSA) is 35.2 Å². The average molecular weight is 234 g/mol. The van der Waals surface area contributed by atoms with Gasteiger partial charge < -0.3 is 10.5 Å². The molecule has 0 spiro atoms. The van der Waals surface area contributed by atoms with Crippen LogP contribution in [0.1, 0.15) is 5.56 Å². The maximum absolute atomic E-state index is 5.40. The van der Waals surface area contributed by atoms with Gasteiger partial charge in [-0.05, 0) is 17.7 Å². The maximum atomic E-state index is 5.40. The summed E-state index contributed by atoms with van der Waals surface area (Å²) in [5.41, 5.74) is 6.69. The van der Waals surface area contributed by atoms with Crippen LogP contribution in [0.5, 0.6) is 5.75 Å². The van der Waals surface area contributed by atoms with Gasteiger partial charge in [0.25, 0.3) is 0 Å². The largest absolute Gasteiger partial charge is 0.497 e. The first-order valence-corrected chi connectivity index (χ1v) is 5.43. The second kappa shape index (κ2) is 7.97. The molecule has 2 nitrogen and oxygen atoms in total. The van der Waals surface area contributed by atoms with Gasteiger partial charge in [0.1, 0.15) is 5.75 Å². The monoisotopic (exact) mass is 233 g/mol. The third-order valence-corrected chi connectivity index (χ3v) is 2.73. The van der Waals surface area contributed by atoms with Crippen molar-refractivity contribution in [3.63, 3.8) is 0 Å². The molecule has 14 heavy (non-hydrogen) atoms. The van der Waals surface area contributed by atoms with E-state index in [2.05, 4.69) is 12.1 Å². The Labute approximate surface area is 95.6 Å². The molecule has 2 N–H and O–H groups in total. The van der Waals surface area contributed by atoms with Crippen LogP contribution in [-0.2, 0) is 5.75 Å². The standard InChI is InChI=1S/C10H15NOS.ClH/c1-12-10-4-2-3-9(7-10)8-13-6-5-11;/h2-4,7H,5-6,8,11H2,1H3;1H. The molecule has 0 fully saturated rings. The summed E-state index contributed by atoms with van der Waals surface area (Å²) in [4.78, 5) is 0. The molecular weight excluding hydrogens is 218 g/mol. The fourth-order valence-electron chi connectivity index (χ4n) is 1.04. The van der Waals surface area contributed by atoms with Crippen LogP contribution in [0.25, 0.3) is 0 Å². The minimum Gasteiger partial charge on any atom is -0.497 e. The molecular formula is C10H16ClNOS. The van der Waals surface area contributed by atoms with Gasteiger partial charge in [0, 0.05) is 18.1 Å². The zero-order valence-corrected chi connectivity index (χ0v) is 9.87. The number of nitrogens with two attached hydrogens (primary N) is 1. The summed E-state index contributed by atoms with van der Waals surface area (Å²) >= 11 is 1.84. The first-order chi connectivity index (χ1) is 6.36. The van der Waals surface area contributed by atoms with Gasteiger partial charge in [0.2, 0.25) is 0 Å². The van der Waals surface area contributed by atoms with Crippen LogP contribution in [0.2, 0.25) is 0 Å². The molecule has 0 unspecified atom stereocenters. The van der Waals surface area contributed by atoms with Gasteiger partial charge in [-0.2, -0.15) is 11.8 Å². The molecule has 0 aliphatic carbocycles. The van der Waals surface area contributed by atoms with Gasteiger partial charge in [-0.1, -0.05) is 12.1 Å². The Balaban J connectivity index is 0.00000169. The summed E-state index contributed by atoms with van der Waals surface area (Å²) in [5.74, 6) is 2.94. The lowest BCUT2D eigenvalue weighted by Gasteiger charge is -2.03. The summed E-state index contributed by atoms with van der Waals surface area (Å²) in [6, 6.07) is 8.13. The summed E-state index contributed by atoms with van der Waals surface area (Å²) < 4.78 is 5.13. The summed E-state index contributed by atoms with van der Waals surface area (Å²) in [7, 11) is 1.69. The quantitative estimate of drug-likeness (QED) is 0.793. The van der Waals surface area contributed by atoms with Crippen LogP contribution in [0.3, 0.4) is 0 Å². The van der Waals surface area contributed by atoms with Crippen LogP contribution in [-0.4, -0.2) is 19.4 Å². The Bertz CT molecular complexity index is 258. The number of benzene rings is 1. The van der Waals surface area contributed by atoms with E-state index in [1.165, 1.54) is 5.56 Å². The molecule has 0 aromatic heterocycles. The minimum atomic E-state index is 0. The van der Waals surface area contributed by atoms with Crippen LogP contribution < -0.4 is 10.5 Å². The lowest BCUT2D eigenvalue weighted by atomic mass is 10.2. The molecule has 0 amide bonds. The first kappa shape index (κ1) is 13.6.